The fourth-order valence-corrected chi connectivity index (χ4v) is 2.57. The molecule has 1 fully saturated rings. The summed E-state index contributed by atoms with van der Waals surface area (Å²) in [5.41, 5.74) is 7.95. The first-order chi connectivity index (χ1) is 8.70. The van der Waals surface area contributed by atoms with Crippen LogP contribution in [0, 0.1) is 5.92 Å². The molecule has 100 valence electrons. The Labute approximate surface area is 117 Å². The lowest BCUT2D eigenvalue weighted by Crippen LogP contribution is -2.23. The number of rotatable bonds is 7. The van der Waals surface area contributed by atoms with Gasteiger partial charge in [-0.05, 0) is 52.4 Å². The van der Waals surface area contributed by atoms with Crippen LogP contribution in [-0.4, -0.2) is 26.8 Å². The fourth-order valence-electron chi connectivity index (χ4n) is 1.84. The molecular weight excluding hydrogens is 292 g/mol. The zero-order chi connectivity index (χ0) is 13.0. The standard InChI is InChI=1S/C14H21BrN2O/c1-17(6-7-18-10-11-2-3-11)14-5-4-12(9-16)8-13(14)15/h4-5,8,11H,2-3,6-7,9-10,16H2,1H3. The van der Waals surface area contributed by atoms with Crippen LogP contribution in [0.2, 0.25) is 0 Å². The van der Waals surface area contributed by atoms with Crippen molar-refractivity contribution in [3.8, 4) is 0 Å². The van der Waals surface area contributed by atoms with Crippen molar-refractivity contribution >= 4 is 21.6 Å². The number of nitrogens with zero attached hydrogens (tertiary/aromatic N) is 1. The lowest BCUT2D eigenvalue weighted by atomic mass is 10.2. The van der Waals surface area contributed by atoms with Crippen molar-refractivity contribution in [2.45, 2.75) is 19.4 Å². The zero-order valence-corrected chi connectivity index (χ0v) is 12.4. The molecule has 0 atom stereocenters. The predicted molar refractivity (Wildman–Crippen MR) is 78.8 cm³/mol. The molecule has 1 aromatic carbocycles. The minimum atomic E-state index is 0.576. The van der Waals surface area contributed by atoms with Crippen LogP contribution >= 0.6 is 15.9 Å². The molecule has 4 heteroatoms. The van der Waals surface area contributed by atoms with Gasteiger partial charge in [0.05, 0.1) is 12.3 Å². The van der Waals surface area contributed by atoms with Gasteiger partial charge in [0.2, 0.25) is 0 Å². The van der Waals surface area contributed by atoms with E-state index < -0.39 is 0 Å². The molecule has 0 saturated heterocycles. The highest BCUT2D eigenvalue weighted by Crippen LogP contribution is 2.29. The Hall–Kier alpha value is -0.580. The van der Waals surface area contributed by atoms with Crippen LogP contribution in [0.3, 0.4) is 0 Å². The molecule has 0 bridgehead atoms. The van der Waals surface area contributed by atoms with Gasteiger partial charge in [0.25, 0.3) is 0 Å². The van der Waals surface area contributed by atoms with Gasteiger partial charge < -0.3 is 15.4 Å². The highest BCUT2D eigenvalue weighted by molar-refractivity contribution is 9.10. The molecule has 2 N–H and O–H groups in total. The van der Waals surface area contributed by atoms with Crippen molar-refractivity contribution < 1.29 is 4.74 Å². The van der Waals surface area contributed by atoms with Crippen LogP contribution in [0.5, 0.6) is 0 Å². The average Bonchev–Trinajstić information content (AvgIpc) is 3.18. The van der Waals surface area contributed by atoms with Crippen molar-refractivity contribution in [1.29, 1.82) is 0 Å². The number of halogens is 1. The third-order valence-electron chi connectivity index (χ3n) is 3.28. The van der Waals surface area contributed by atoms with Gasteiger partial charge in [-0.2, -0.15) is 0 Å². The van der Waals surface area contributed by atoms with E-state index in [9.17, 15) is 0 Å². The molecule has 0 spiro atoms. The number of hydrogen-bond donors (Lipinski definition) is 1. The van der Waals surface area contributed by atoms with Gasteiger partial charge in [-0.25, -0.2) is 0 Å². The summed E-state index contributed by atoms with van der Waals surface area (Å²) in [6.07, 6.45) is 2.70. The Morgan fingerprint density at radius 3 is 2.83 bits per heavy atom. The van der Waals surface area contributed by atoms with Crippen molar-refractivity contribution in [3.63, 3.8) is 0 Å². The quantitative estimate of drug-likeness (QED) is 0.787. The Balaban J connectivity index is 1.81. The molecule has 0 amide bonds. The maximum atomic E-state index is 5.66. The zero-order valence-electron chi connectivity index (χ0n) is 10.9. The maximum absolute atomic E-state index is 5.66. The summed E-state index contributed by atoms with van der Waals surface area (Å²) in [5.74, 6) is 0.839. The second kappa shape index (κ2) is 6.55. The first-order valence-corrected chi connectivity index (χ1v) is 7.27. The van der Waals surface area contributed by atoms with Crippen LogP contribution < -0.4 is 10.6 Å². The Morgan fingerprint density at radius 2 is 2.22 bits per heavy atom. The largest absolute Gasteiger partial charge is 0.379 e. The van der Waals surface area contributed by atoms with Crippen LogP contribution in [0.25, 0.3) is 0 Å². The van der Waals surface area contributed by atoms with E-state index in [1.165, 1.54) is 18.5 Å². The molecule has 3 nitrogen and oxygen atoms in total. The maximum Gasteiger partial charge on any atom is 0.0641 e. The van der Waals surface area contributed by atoms with Crippen LogP contribution in [0.1, 0.15) is 18.4 Å². The van der Waals surface area contributed by atoms with E-state index in [4.69, 9.17) is 10.5 Å². The van der Waals surface area contributed by atoms with Crippen molar-refractivity contribution in [1.82, 2.24) is 0 Å². The summed E-state index contributed by atoms with van der Waals surface area (Å²) in [6, 6.07) is 6.26. The second-order valence-corrected chi connectivity index (χ2v) is 5.78. The topological polar surface area (TPSA) is 38.5 Å². The van der Waals surface area contributed by atoms with E-state index in [0.717, 1.165) is 35.7 Å². The number of likely N-dealkylation sites (N-methyl/N-ethyl adjacent to an activating group) is 1. The predicted octanol–water partition coefficient (Wildman–Crippen LogP) is 2.77. The molecule has 18 heavy (non-hydrogen) atoms. The number of anilines is 1. The molecule has 0 radical (unpaired) electrons. The highest BCUT2D eigenvalue weighted by Gasteiger charge is 2.21. The molecule has 0 aromatic heterocycles. The van der Waals surface area contributed by atoms with Gasteiger partial charge in [0.1, 0.15) is 0 Å². The van der Waals surface area contributed by atoms with Gasteiger partial charge in [0, 0.05) is 31.2 Å². The first kappa shape index (κ1) is 13.8. The Bertz CT molecular complexity index is 393. The van der Waals surface area contributed by atoms with Crippen molar-refractivity contribution in [3.05, 3.63) is 28.2 Å². The van der Waals surface area contributed by atoms with E-state index in [-0.39, 0.29) is 0 Å². The minimum Gasteiger partial charge on any atom is -0.379 e. The number of benzene rings is 1. The van der Waals surface area contributed by atoms with Gasteiger partial charge in [0.15, 0.2) is 0 Å². The summed E-state index contributed by atoms with van der Waals surface area (Å²) in [6.45, 7) is 3.21. The fraction of sp³-hybridized carbons (Fsp3) is 0.571. The molecule has 0 heterocycles. The molecule has 0 aliphatic heterocycles. The summed E-state index contributed by atoms with van der Waals surface area (Å²) < 4.78 is 6.75. The lowest BCUT2D eigenvalue weighted by Gasteiger charge is -2.21. The smallest absolute Gasteiger partial charge is 0.0641 e. The molecule has 2 rings (SSSR count). The third-order valence-corrected chi connectivity index (χ3v) is 3.92. The first-order valence-electron chi connectivity index (χ1n) is 6.48. The number of hydrogen-bond acceptors (Lipinski definition) is 3. The lowest BCUT2D eigenvalue weighted by molar-refractivity contribution is 0.131. The Kier molecular flexibility index (Phi) is 5.03. The van der Waals surface area contributed by atoms with Crippen molar-refractivity contribution in [2.75, 3.05) is 31.7 Å². The third kappa shape index (κ3) is 3.97. The molecular formula is C14H21BrN2O. The summed E-state index contributed by atoms with van der Waals surface area (Å²) in [4.78, 5) is 2.21. The summed E-state index contributed by atoms with van der Waals surface area (Å²) in [5, 5.41) is 0. The SMILES string of the molecule is CN(CCOCC1CC1)c1ccc(CN)cc1Br. The van der Waals surface area contributed by atoms with E-state index in [2.05, 4.69) is 46.1 Å². The molecule has 0 unspecified atom stereocenters. The van der Waals surface area contributed by atoms with Gasteiger partial charge in [-0.3, -0.25) is 0 Å². The van der Waals surface area contributed by atoms with Crippen LogP contribution in [-0.2, 0) is 11.3 Å². The van der Waals surface area contributed by atoms with Crippen molar-refractivity contribution in [2.24, 2.45) is 11.7 Å². The molecule has 1 aliphatic carbocycles. The second-order valence-electron chi connectivity index (χ2n) is 4.93. The average molecular weight is 313 g/mol. The summed E-state index contributed by atoms with van der Waals surface area (Å²) >= 11 is 3.59. The highest BCUT2D eigenvalue weighted by atomic mass is 79.9. The van der Waals surface area contributed by atoms with Gasteiger partial charge in [-0.15, -0.1) is 0 Å². The number of nitrogens with two attached hydrogens (primary N) is 1. The van der Waals surface area contributed by atoms with E-state index in [1.807, 2.05) is 0 Å². The minimum absolute atomic E-state index is 0.576. The van der Waals surface area contributed by atoms with Crippen LogP contribution in [0.4, 0.5) is 5.69 Å². The molecule has 1 aromatic rings. The van der Waals surface area contributed by atoms with E-state index >= 15 is 0 Å². The molecule has 1 saturated carbocycles. The normalized spacial score (nSPS) is 14.8. The van der Waals surface area contributed by atoms with Gasteiger partial charge in [-0.1, -0.05) is 6.07 Å². The van der Waals surface area contributed by atoms with E-state index in [0.29, 0.717) is 6.54 Å². The van der Waals surface area contributed by atoms with Gasteiger partial charge >= 0.3 is 0 Å². The monoisotopic (exact) mass is 312 g/mol. The Morgan fingerprint density at radius 1 is 1.44 bits per heavy atom. The number of ether oxygens (including phenoxy) is 1. The van der Waals surface area contributed by atoms with E-state index in [1.54, 1.807) is 0 Å². The van der Waals surface area contributed by atoms with Crippen LogP contribution in [0.15, 0.2) is 22.7 Å². The molecule has 1 aliphatic rings. The summed E-state index contributed by atoms with van der Waals surface area (Å²) in [7, 11) is 2.09.